The first-order valence-electron chi connectivity index (χ1n) is 5.35. The van der Waals surface area contributed by atoms with Crippen LogP contribution >= 0.6 is 0 Å². The third kappa shape index (κ3) is 1.98. The molecular formula is C13H17N. The summed E-state index contributed by atoms with van der Waals surface area (Å²) >= 11 is 0. The second-order valence-corrected chi connectivity index (χ2v) is 3.90. The summed E-state index contributed by atoms with van der Waals surface area (Å²) in [6, 6.07) is 9.25. The smallest absolute Gasteiger partial charge is 0.0374 e. The van der Waals surface area contributed by atoms with Crippen molar-refractivity contribution in [2.24, 2.45) is 0 Å². The highest BCUT2D eigenvalue weighted by atomic mass is 14.9. The van der Waals surface area contributed by atoms with E-state index in [2.05, 4.69) is 36.2 Å². The molecule has 1 heterocycles. The first-order chi connectivity index (χ1) is 6.90. The molecule has 1 atom stereocenters. The molecule has 2 rings (SSSR count). The Hall–Kier alpha value is -1.24. The van der Waals surface area contributed by atoms with Crippen LogP contribution in [0.15, 0.2) is 36.9 Å². The van der Waals surface area contributed by atoms with Gasteiger partial charge < -0.3 is 5.32 Å². The fourth-order valence-electron chi connectivity index (χ4n) is 2.04. The molecule has 0 aliphatic carbocycles. The van der Waals surface area contributed by atoms with E-state index in [0.717, 1.165) is 6.42 Å². The van der Waals surface area contributed by atoms with E-state index in [9.17, 15) is 0 Å². The first kappa shape index (κ1) is 9.32. The number of hydrogen-bond donors (Lipinski definition) is 1. The van der Waals surface area contributed by atoms with Crippen molar-refractivity contribution in [3.63, 3.8) is 0 Å². The molecule has 0 aromatic heterocycles. The topological polar surface area (TPSA) is 12.0 Å². The van der Waals surface area contributed by atoms with Gasteiger partial charge in [-0.2, -0.15) is 0 Å². The molecule has 0 saturated heterocycles. The molecule has 1 N–H and O–H groups in total. The number of fused-ring (bicyclic) bond motifs is 1. The highest BCUT2D eigenvalue weighted by Crippen LogP contribution is 2.25. The van der Waals surface area contributed by atoms with E-state index in [-0.39, 0.29) is 0 Å². The van der Waals surface area contributed by atoms with Crippen LogP contribution in [-0.2, 0) is 6.42 Å². The standard InChI is InChI=1S/C13H17N/c1-2-3-7-12-10-9-11-6-4-5-8-13(11)14-12/h2,4-6,8,12,14H,1,3,7,9-10H2. The molecule has 0 fully saturated rings. The number of rotatable bonds is 3. The van der Waals surface area contributed by atoms with Gasteiger partial charge in [0.2, 0.25) is 0 Å². The zero-order valence-electron chi connectivity index (χ0n) is 8.50. The van der Waals surface area contributed by atoms with Crippen LogP contribution < -0.4 is 5.32 Å². The predicted molar refractivity (Wildman–Crippen MR) is 61.6 cm³/mol. The quantitative estimate of drug-likeness (QED) is 0.715. The van der Waals surface area contributed by atoms with E-state index in [0.29, 0.717) is 6.04 Å². The Morgan fingerprint density at radius 1 is 1.43 bits per heavy atom. The summed E-state index contributed by atoms with van der Waals surface area (Å²) in [6.45, 7) is 3.76. The molecule has 0 radical (unpaired) electrons. The Bertz CT molecular complexity index is 317. The molecule has 74 valence electrons. The molecular weight excluding hydrogens is 170 g/mol. The molecule has 14 heavy (non-hydrogen) atoms. The molecule has 1 heteroatoms. The van der Waals surface area contributed by atoms with E-state index < -0.39 is 0 Å². The van der Waals surface area contributed by atoms with Crippen LogP contribution in [-0.4, -0.2) is 6.04 Å². The normalized spacial score (nSPS) is 19.6. The monoisotopic (exact) mass is 187 g/mol. The lowest BCUT2D eigenvalue weighted by Crippen LogP contribution is -2.24. The van der Waals surface area contributed by atoms with Crippen molar-refractivity contribution in [1.29, 1.82) is 0 Å². The number of anilines is 1. The third-order valence-corrected chi connectivity index (χ3v) is 2.86. The molecule has 1 aromatic carbocycles. The van der Waals surface area contributed by atoms with Gasteiger partial charge in [0.25, 0.3) is 0 Å². The minimum absolute atomic E-state index is 0.642. The Morgan fingerprint density at radius 2 is 2.29 bits per heavy atom. The molecule has 0 bridgehead atoms. The zero-order valence-corrected chi connectivity index (χ0v) is 8.50. The van der Waals surface area contributed by atoms with Crippen molar-refractivity contribution >= 4 is 5.69 Å². The SMILES string of the molecule is C=CCCC1CCc2ccccc2N1. The number of aryl methyl sites for hydroxylation is 1. The Kier molecular flexibility index (Phi) is 2.87. The van der Waals surface area contributed by atoms with Crippen molar-refractivity contribution in [3.05, 3.63) is 42.5 Å². The Morgan fingerprint density at radius 3 is 3.14 bits per heavy atom. The summed E-state index contributed by atoms with van der Waals surface area (Å²) in [6.07, 6.45) is 6.79. The van der Waals surface area contributed by atoms with Crippen LogP contribution in [0.25, 0.3) is 0 Å². The number of para-hydroxylation sites is 1. The number of benzene rings is 1. The molecule has 0 spiro atoms. The van der Waals surface area contributed by atoms with Gasteiger partial charge in [-0.1, -0.05) is 24.3 Å². The molecule has 1 aromatic rings. The van der Waals surface area contributed by atoms with E-state index >= 15 is 0 Å². The van der Waals surface area contributed by atoms with Crippen LogP contribution in [0.2, 0.25) is 0 Å². The number of allylic oxidation sites excluding steroid dienone is 1. The van der Waals surface area contributed by atoms with E-state index in [4.69, 9.17) is 0 Å². The molecule has 1 unspecified atom stereocenters. The molecule has 1 aliphatic heterocycles. The second kappa shape index (κ2) is 4.32. The van der Waals surface area contributed by atoms with Crippen LogP contribution in [0, 0.1) is 0 Å². The molecule has 1 aliphatic rings. The summed E-state index contributed by atoms with van der Waals surface area (Å²) in [5.41, 5.74) is 2.79. The minimum atomic E-state index is 0.642. The van der Waals surface area contributed by atoms with Gasteiger partial charge in [0.15, 0.2) is 0 Å². The zero-order chi connectivity index (χ0) is 9.80. The van der Waals surface area contributed by atoms with Crippen LogP contribution in [0.4, 0.5) is 5.69 Å². The Labute approximate surface area is 85.8 Å². The van der Waals surface area contributed by atoms with Gasteiger partial charge in [0, 0.05) is 11.7 Å². The van der Waals surface area contributed by atoms with Crippen molar-refractivity contribution in [2.45, 2.75) is 31.7 Å². The van der Waals surface area contributed by atoms with Gasteiger partial charge in [-0.3, -0.25) is 0 Å². The van der Waals surface area contributed by atoms with E-state index in [1.807, 2.05) is 6.08 Å². The fourth-order valence-corrected chi connectivity index (χ4v) is 2.04. The lowest BCUT2D eigenvalue weighted by Gasteiger charge is -2.26. The molecule has 0 amide bonds. The van der Waals surface area contributed by atoms with Gasteiger partial charge in [-0.15, -0.1) is 6.58 Å². The van der Waals surface area contributed by atoms with Gasteiger partial charge in [0.05, 0.1) is 0 Å². The second-order valence-electron chi connectivity index (χ2n) is 3.90. The lowest BCUT2D eigenvalue weighted by atomic mass is 9.95. The van der Waals surface area contributed by atoms with E-state index in [1.165, 1.54) is 30.5 Å². The van der Waals surface area contributed by atoms with E-state index in [1.54, 1.807) is 0 Å². The first-order valence-corrected chi connectivity index (χ1v) is 5.35. The summed E-state index contributed by atoms with van der Waals surface area (Å²) in [5, 5.41) is 3.58. The van der Waals surface area contributed by atoms with Crippen LogP contribution in [0.1, 0.15) is 24.8 Å². The van der Waals surface area contributed by atoms with Crippen molar-refractivity contribution in [3.8, 4) is 0 Å². The average Bonchev–Trinajstić information content (AvgIpc) is 2.26. The van der Waals surface area contributed by atoms with Crippen molar-refractivity contribution in [2.75, 3.05) is 5.32 Å². The molecule has 1 nitrogen and oxygen atoms in total. The summed E-state index contributed by atoms with van der Waals surface area (Å²) in [4.78, 5) is 0. The van der Waals surface area contributed by atoms with Crippen LogP contribution in [0.5, 0.6) is 0 Å². The summed E-state index contributed by atoms with van der Waals surface area (Å²) < 4.78 is 0. The van der Waals surface area contributed by atoms with Crippen LogP contribution in [0.3, 0.4) is 0 Å². The highest BCUT2D eigenvalue weighted by molar-refractivity contribution is 5.53. The summed E-state index contributed by atoms with van der Waals surface area (Å²) in [5.74, 6) is 0. The minimum Gasteiger partial charge on any atom is -0.382 e. The van der Waals surface area contributed by atoms with Gasteiger partial charge >= 0.3 is 0 Å². The largest absolute Gasteiger partial charge is 0.382 e. The van der Waals surface area contributed by atoms with Crippen molar-refractivity contribution in [1.82, 2.24) is 0 Å². The highest BCUT2D eigenvalue weighted by Gasteiger charge is 2.15. The maximum absolute atomic E-state index is 3.76. The fraction of sp³-hybridized carbons (Fsp3) is 0.385. The summed E-state index contributed by atoms with van der Waals surface area (Å²) in [7, 11) is 0. The maximum Gasteiger partial charge on any atom is 0.0374 e. The van der Waals surface area contributed by atoms with Gasteiger partial charge in [0.1, 0.15) is 0 Å². The number of nitrogens with one attached hydrogen (secondary N) is 1. The van der Waals surface area contributed by atoms with Gasteiger partial charge in [-0.25, -0.2) is 0 Å². The average molecular weight is 187 g/mol. The van der Waals surface area contributed by atoms with Crippen molar-refractivity contribution < 1.29 is 0 Å². The third-order valence-electron chi connectivity index (χ3n) is 2.86. The number of hydrogen-bond acceptors (Lipinski definition) is 1. The maximum atomic E-state index is 3.76. The predicted octanol–water partition coefficient (Wildman–Crippen LogP) is 3.38. The lowest BCUT2D eigenvalue weighted by molar-refractivity contribution is 0.592. The van der Waals surface area contributed by atoms with Gasteiger partial charge in [-0.05, 0) is 37.3 Å². The Balaban J connectivity index is 2.02. The molecule has 0 saturated carbocycles.